The minimum Gasteiger partial charge on any atom is -0.391 e. The molecule has 0 aliphatic carbocycles. The number of likely N-dealkylation sites (tertiary alicyclic amines) is 1. The third kappa shape index (κ3) is 20.5. The first kappa shape index (κ1) is 61.9. The molecule has 24 nitrogen and oxygen atoms in total. The molecule has 0 unspecified atom stereocenters. The zero-order valence-corrected chi connectivity index (χ0v) is 43.0. The highest BCUT2D eigenvalue weighted by Gasteiger charge is 2.40. The van der Waals surface area contributed by atoms with Crippen LogP contribution in [-0.4, -0.2) is 156 Å². The van der Waals surface area contributed by atoms with Crippen LogP contribution in [0.15, 0.2) is 4.99 Å². The number of aliphatic hydroxyl groups excluding tert-OH is 1. The van der Waals surface area contributed by atoms with E-state index >= 15 is 0 Å². The van der Waals surface area contributed by atoms with Gasteiger partial charge in [0, 0.05) is 26.6 Å². The lowest BCUT2D eigenvalue weighted by Gasteiger charge is -2.32. The van der Waals surface area contributed by atoms with Gasteiger partial charge < -0.3 is 69.3 Å². The summed E-state index contributed by atoms with van der Waals surface area (Å²) in [5.74, 6) is -8.11. The van der Waals surface area contributed by atoms with E-state index in [0.717, 1.165) is 0 Å². The fourth-order valence-corrected chi connectivity index (χ4v) is 7.64. The molecule has 1 heterocycles. The van der Waals surface area contributed by atoms with Crippen molar-refractivity contribution in [2.75, 3.05) is 26.2 Å². The van der Waals surface area contributed by atoms with Gasteiger partial charge in [-0.3, -0.25) is 52.9 Å². The number of likely N-dealkylation sites (N-methyl/N-ethyl adjacent to an activating group) is 1. The highest BCUT2D eigenvalue weighted by molar-refractivity contribution is 5.98. The Bertz CT molecular complexity index is 1830. The molecule has 0 saturated carbocycles. The number of amides is 10. The quantitative estimate of drug-likeness (QED) is 0.0204. The van der Waals surface area contributed by atoms with Crippen LogP contribution in [0.25, 0.3) is 0 Å². The Morgan fingerprint density at radius 1 is 0.643 bits per heavy atom. The topological polar surface area (TPSA) is 367 Å². The minimum absolute atomic E-state index is 0.0842. The molecule has 1 aliphatic rings. The first-order chi connectivity index (χ1) is 32.8. The van der Waals surface area contributed by atoms with E-state index in [1.165, 1.54) is 25.7 Å². The summed E-state index contributed by atoms with van der Waals surface area (Å²) in [5.41, 5.74) is 11.0. The second-order valence-corrected chi connectivity index (χ2v) is 18.3. The normalized spacial score (nSPS) is 17.6. The summed E-state index contributed by atoms with van der Waals surface area (Å²) in [6.45, 7) is 18.1. The third-order valence-electron chi connectivity index (χ3n) is 12.1. The summed E-state index contributed by atoms with van der Waals surface area (Å²) in [7, 11) is 0. The van der Waals surface area contributed by atoms with Gasteiger partial charge in [-0.2, -0.15) is 0 Å². The number of rotatable bonds is 30. The monoisotopic (exact) mass is 994 g/mol. The van der Waals surface area contributed by atoms with Crippen molar-refractivity contribution < 1.29 is 53.1 Å². The van der Waals surface area contributed by atoms with Gasteiger partial charge in [-0.1, -0.05) is 67.7 Å². The second-order valence-electron chi connectivity index (χ2n) is 18.3. The Kier molecular flexibility index (Phi) is 27.6. The van der Waals surface area contributed by atoms with Gasteiger partial charge in [0.2, 0.25) is 59.1 Å². The lowest BCUT2D eigenvalue weighted by molar-refractivity contribution is -0.142. The van der Waals surface area contributed by atoms with Crippen LogP contribution in [0.1, 0.15) is 128 Å². The molecule has 11 atom stereocenters. The van der Waals surface area contributed by atoms with Crippen molar-refractivity contribution in [3.63, 3.8) is 0 Å². The van der Waals surface area contributed by atoms with Crippen LogP contribution in [0.2, 0.25) is 0 Å². The number of hydrogen-bond donors (Lipinski definition) is 12. The number of aliphatic hydroxyl groups is 1. The van der Waals surface area contributed by atoms with Crippen molar-refractivity contribution in [2.45, 2.75) is 182 Å². The van der Waals surface area contributed by atoms with E-state index in [9.17, 15) is 53.1 Å². The maximum Gasteiger partial charge on any atom is 0.245 e. The van der Waals surface area contributed by atoms with Crippen molar-refractivity contribution in [1.82, 2.24) is 52.8 Å². The van der Waals surface area contributed by atoms with E-state index in [0.29, 0.717) is 51.6 Å². The van der Waals surface area contributed by atoms with Crippen molar-refractivity contribution >= 4 is 65.0 Å². The maximum absolute atomic E-state index is 14.2. The summed E-state index contributed by atoms with van der Waals surface area (Å²) in [5, 5.41) is 34.3. The van der Waals surface area contributed by atoms with Crippen molar-refractivity contribution in [2.24, 2.45) is 34.2 Å². The second kappa shape index (κ2) is 31.2. The highest BCUT2D eigenvalue weighted by Crippen LogP contribution is 2.21. The summed E-state index contributed by atoms with van der Waals surface area (Å²) < 4.78 is 0. The number of carbonyl (C=O) groups is 10. The molecule has 24 heteroatoms. The average molecular weight is 994 g/mol. The molecule has 0 spiro atoms. The number of nitrogens with one attached hydrogen (secondary N) is 9. The molecule has 14 N–H and O–H groups in total. The Hall–Kier alpha value is -6.07. The Morgan fingerprint density at radius 3 is 1.69 bits per heavy atom. The standard InChI is InChI=1S/C46H83N13O11/c1-12-18-30(39(64)56-35(25(7)13-2)42(67)54-31(19-16-21-50-46(47)48)45(70)59-22-17-20-32(59)40(65)49-15-4)53-44(69)37(28(10)60)58-43(68)36(26(8)14-3)57-41(66)34(24(5)6)55-33(62)23-51-38(63)27(9)52-29(11)61/h24-28,30-32,34-37,60H,12-23H2,1-11H3,(H,49,65)(H,51,63)(H,52,61)(H,53,69)(H,54,67)(H,55,62)(H,56,64)(H,57,66)(H,58,68)(H4,47,48,50)/t25-,26-,27-,28+,30-,31-,32-,34-,35-,36+,37-/m0/s1. The largest absolute Gasteiger partial charge is 0.391 e. The number of hydrogen-bond acceptors (Lipinski definition) is 12. The van der Waals surface area contributed by atoms with Crippen LogP contribution < -0.4 is 59.3 Å². The molecule has 0 radical (unpaired) electrons. The van der Waals surface area contributed by atoms with Crippen LogP contribution in [-0.2, 0) is 47.9 Å². The molecular formula is C46H83N13O11. The summed E-state index contributed by atoms with van der Waals surface area (Å²) in [4.78, 5) is 139. The van der Waals surface area contributed by atoms with Gasteiger partial charge >= 0.3 is 0 Å². The fourth-order valence-electron chi connectivity index (χ4n) is 7.64. The van der Waals surface area contributed by atoms with E-state index in [4.69, 9.17) is 11.5 Å². The molecule has 10 amide bonds. The first-order valence-electron chi connectivity index (χ1n) is 24.5. The zero-order chi connectivity index (χ0) is 53.4. The van der Waals surface area contributed by atoms with Crippen molar-refractivity contribution in [3.8, 4) is 0 Å². The van der Waals surface area contributed by atoms with Crippen LogP contribution in [0.5, 0.6) is 0 Å². The molecular weight excluding hydrogens is 911 g/mol. The molecule has 1 aliphatic heterocycles. The minimum atomic E-state index is -1.62. The van der Waals surface area contributed by atoms with E-state index in [2.05, 4.69) is 52.8 Å². The fraction of sp³-hybridized carbons (Fsp3) is 0.761. The van der Waals surface area contributed by atoms with E-state index in [1.807, 2.05) is 6.92 Å². The number of nitrogens with two attached hydrogens (primary N) is 2. The van der Waals surface area contributed by atoms with Crippen molar-refractivity contribution in [3.05, 3.63) is 0 Å². The van der Waals surface area contributed by atoms with Crippen LogP contribution in [0, 0.1) is 17.8 Å². The summed E-state index contributed by atoms with van der Waals surface area (Å²) >= 11 is 0. The molecule has 398 valence electrons. The lowest BCUT2D eigenvalue weighted by Crippen LogP contribution is -2.63. The maximum atomic E-state index is 14.2. The van der Waals surface area contributed by atoms with E-state index < -0.39 is 132 Å². The van der Waals surface area contributed by atoms with Crippen molar-refractivity contribution in [1.29, 1.82) is 0 Å². The molecule has 1 saturated heterocycles. The van der Waals surface area contributed by atoms with Gasteiger partial charge in [-0.25, -0.2) is 0 Å². The predicted molar refractivity (Wildman–Crippen MR) is 262 cm³/mol. The van der Waals surface area contributed by atoms with Gasteiger partial charge in [-0.15, -0.1) is 0 Å². The van der Waals surface area contributed by atoms with E-state index in [-0.39, 0.29) is 31.3 Å². The number of aliphatic imine (C=N–C) groups is 1. The highest BCUT2D eigenvalue weighted by atomic mass is 16.3. The average Bonchev–Trinajstić information content (AvgIpc) is 3.80. The Morgan fingerprint density at radius 2 is 1.17 bits per heavy atom. The molecule has 0 aromatic rings. The van der Waals surface area contributed by atoms with Crippen LogP contribution >= 0.6 is 0 Å². The Labute approximate surface area is 412 Å². The summed E-state index contributed by atoms with van der Waals surface area (Å²) in [6, 6.07) is -9.24. The SMILES string of the molecule is CCC[C@H](NC(=O)[C@@H](NC(=O)[C@H](NC(=O)[C@@H](NC(=O)CNC(=O)[C@H](C)NC(C)=O)C(C)C)[C@@H](C)CC)[C@@H](C)O)C(=O)N[C@H](C(=O)N[C@@H](CCCN=C(N)N)C(=O)N1CCC[C@H]1C(=O)NCC)[C@@H](C)CC. The lowest BCUT2D eigenvalue weighted by atomic mass is 9.95. The molecule has 0 aromatic heterocycles. The number of carbonyl (C=O) groups excluding carboxylic acids is 10. The molecule has 70 heavy (non-hydrogen) atoms. The summed E-state index contributed by atoms with van der Waals surface area (Å²) in [6.07, 6.45) is 1.22. The van der Waals surface area contributed by atoms with Gasteiger partial charge in [0.05, 0.1) is 12.6 Å². The van der Waals surface area contributed by atoms with Crippen LogP contribution in [0.4, 0.5) is 0 Å². The van der Waals surface area contributed by atoms with Gasteiger partial charge in [0.15, 0.2) is 5.96 Å². The molecule has 0 aromatic carbocycles. The van der Waals surface area contributed by atoms with E-state index in [1.54, 1.807) is 48.5 Å². The number of nitrogens with zero attached hydrogens (tertiary/aromatic N) is 2. The smallest absolute Gasteiger partial charge is 0.245 e. The Balaban J connectivity index is 3.31. The first-order valence-corrected chi connectivity index (χ1v) is 24.5. The predicted octanol–water partition coefficient (Wildman–Crippen LogP) is -2.35. The molecule has 1 rings (SSSR count). The molecule has 0 bridgehead atoms. The van der Waals surface area contributed by atoms with Crippen LogP contribution in [0.3, 0.4) is 0 Å². The van der Waals surface area contributed by atoms with Gasteiger partial charge in [0.25, 0.3) is 0 Å². The third-order valence-corrected chi connectivity index (χ3v) is 12.1. The van der Waals surface area contributed by atoms with Gasteiger partial charge in [0.1, 0.15) is 48.3 Å². The van der Waals surface area contributed by atoms with Gasteiger partial charge in [-0.05, 0) is 70.6 Å². The molecule has 1 fully saturated rings. The number of guanidine groups is 1. The zero-order valence-electron chi connectivity index (χ0n) is 43.0.